The summed E-state index contributed by atoms with van der Waals surface area (Å²) >= 11 is 0. The number of ether oxygens (including phenoxy) is 3. The average molecular weight is 634 g/mol. The van der Waals surface area contributed by atoms with Crippen LogP contribution < -0.4 is 14.2 Å². The number of rotatable bonds is 11. The van der Waals surface area contributed by atoms with Gasteiger partial charge in [0.05, 0.1) is 36.5 Å². The lowest BCUT2D eigenvalue weighted by molar-refractivity contribution is -0.142. The molecule has 0 bridgehead atoms. The van der Waals surface area contributed by atoms with Gasteiger partial charge < -0.3 is 19.3 Å². The lowest BCUT2D eigenvalue weighted by Gasteiger charge is -2.21. The van der Waals surface area contributed by atoms with E-state index >= 15 is 0 Å². The molecule has 15 heteroatoms. The summed E-state index contributed by atoms with van der Waals surface area (Å²) in [7, 11) is -3.40. The molecular formula is C28H25F6NO7S. The molecule has 8 nitrogen and oxygen atoms in total. The Hall–Kier alpha value is -4.01. The van der Waals surface area contributed by atoms with Gasteiger partial charge in [0.1, 0.15) is 27.9 Å². The maximum atomic E-state index is 14.1. The van der Waals surface area contributed by atoms with Crippen molar-refractivity contribution < 1.29 is 58.9 Å². The number of carboxylic acids is 1. The van der Waals surface area contributed by atoms with Gasteiger partial charge in [0.25, 0.3) is 0 Å². The van der Waals surface area contributed by atoms with E-state index in [1.807, 2.05) is 0 Å². The molecule has 4 rings (SSSR count). The Labute approximate surface area is 242 Å². The zero-order chi connectivity index (χ0) is 31.6. The number of halogens is 6. The van der Waals surface area contributed by atoms with E-state index in [-0.39, 0.29) is 54.7 Å². The summed E-state index contributed by atoms with van der Waals surface area (Å²) in [5, 5.41) is 9.02. The number of nitrogens with zero attached hydrogens (tertiary/aromatic N) is 1. The number of aliphatic carboxylic acids is 1. The Morgan fingerprint density at radius 1 is 1.05 bits per heavy atom. The van der Waals surface area contributed by atoms with Crippen LogP contribution >= 0.6 is 0 Å². The van der Waals surface area contributed by atoms with Crippen molar-refractivity contribution in [3.05, 3.63) is 70.9 Å². The van der Waals surface area contributed by atoms with E-state index in [0.717, 1.165) is 18.4 Å². The first-order valence-corrected chi connectivity index (χ1v) is 14.8. The molecule has 2 heterocycles. The SMILES string of the molecule is CS(=O)(=O)CCCOc1cc(C(F)(F)F)c(-c2cccc(COc3cc4c(cn3)[C@H](CC(=O)O)CO4)c2)c(C(F)(F)F)c1. The van der Waals surface area contributed by atoms with Crippen molar-refractivity contribution in [2.45, 2.75) is 37.7 Å². The molecular weight excluding hydrogens is 608 g/mol. The number of fused-ring (bicyclic) bond motifs is 1. The van der Waals surface area contributed by atoms with Crippen LogP contribution in [0.5, 0.6) is 17.4 Å². The molecule has 0 saturated carbocycles. The molecule has 1 aliphatic rings. The standard InChI is InChI=1S/C28H25F6NO7S/c1-43(38,39)7-3-6-40-19-10-21(27(29,30)31)26(22(11-19)28(32,33)34)17-5-2-4-16(8-17)14-42-24-12-23-20(13-35-24)18(15-41-23)9-25(36)37/h2,4-5,8,10-13,18H,3,6-7,9,14-15H2,1H3,(H,36,37)/t18-/m1/s1. The third-order valence-electron chi connectivity index (χ3n) is 6.42. The number of aromatic nitrogens is 1. The highest BCUT2D eigenvalue weighted by Crippen LogP contribution is 2.47. The molecule has 2 aromatic carbocycles. The van der Waals surface area contributed by atoms with E-state index in [1.54, 1.807) is 0 Å². The van der Waals surface area contributed by atoms with E-state index in [2.05, 4.69) is 4.98 Å². The van der Waals surface area contributed by atoms with E-state index in [4.69, 9.17) is 19.3 Å². The quantitative estimate of drug-likeness (QED) is 0.198. The van der Waals surface area contributed by atoms with Gasteiger partial charge >= 0.3 is 18.3 Å². The van der Waals surface area contributed by atoms with Gasteiger partial charge in [-0.3, -0.25) is 4.79 Å². The number of hydrogen-bond donors (Lipinski definition) is 1. The number of sulfone groups is 1. The van der Waals surface area contributed by atoms with Gasteiger partial charge in [-0.2, -0.15) is 26.3 Å². The van der Waals surface area contributed by atoms with Gasteiger partial charge in [-0.05, 0) is 35.7 Å². The number of benzene rings is 2. The lowest BCUT2D eigenvalue weighted by Crippen LogP contribution is -2.16. The number of alkyl halides is 6. The number of carbonyl (C=O) groups is 1. The Morgan fingerprint density at radius 2 is 1.72 bits per heavy atom. The van der Waals surface area contributed by atoms with Gasteiger partial charge in [0, 0.05) is 35.6 Å². The maximum Gasteiger partial charge on any atom is 0.417 e. The highest BCUT2D eigenvalue weighted by Gasteiger charge is 2.42. The largest absolute Gasteiger partial charge is 0.494 e. The first kappa shape index (κ1) is 31.9. The molecule has 43 heavy (non-hydrogen) atoms. The van der Waals surface area contributed by atoms with Crippen LogP contribution in [0, 0.1) is 0 Å². The fourth-order valence-electron chi connectivity index (χ4n) is 4.54. The fourth-order valence-corrected chi connectivity index (χ4v) is 5.18. The summed E-state index contributed by atoms with van der Waals surface area (Å²) in [4.78, 5) is 15.1. The molecule has 1 atom stereocenters. The molecule has 0 fully saturated rings. The van der Waals surface area contributed by atoms with Gasteiger partial charge in [-0.1, -0.05) is 18.2 Å². The van der Waals surface area contributed by atoms with E-state index < -0.39 is 57.2 Å². The third-order valence-corrected chi connectivity index (χ3v) is 7.45. The molecule has 1 N–H and O–H groups in total. The first-order chi connectivity index (χ1) is 20.0. The zero-order valence-electron chi connectivity index (χ0n) is 22.5. The first-order valence-electron chi connectivity index (χ1n) is 12.7. The predicted molar refractivity (Wildman–Crippen MR) is 141 cm³/mol. The second kappa shape index (κ2) is 12.3. The van der Waals surface area contributed by atoms with Crippen molar-refractivity contribution in [1.82, 2.24) is 4.98 Å². The fraction of sp³-hybridized carbons (Fsp3) is 0.357. The van der Waals surface area contributed by atoms with Crippen LogP contribution in [0.3, 0.4) is 0 Å². The predicted octanol–water partition coefficient (Wildman–Crippen LogP) is 6.13. The molecule has 3 aromatic rings. The molecule has 0 unspecified atom stereocenters. The van der Waals surface area contributed by atoms with Crippen LogP contribution in [0.25, 0.3) is 11.1 Å². The Kier molecular flexibility index (Phi) is 9.13. The van der Waals surface area contributed by atoms with Crippen LogP contribution in [-0.4, -0.2) is 49.7 Å². The normalized spacial score (nSPS) is 15.1. The highest BCUT2D eigenvalue weighted by molar-refractivity contribution is 7.90. The van der Waals surface area contributed by atoms with Crippen LogP contribution in [0.1, 0.15) is 41.0 Å². The summed E-state index contributed by atoms with van der Waals surface area (Å²) in [6.45, 7) is -0.527. The number of hydrogen-bond acceptors (Lipinski definition) is 7. The molecule has 0 saturated heterocycles. The van der Waals surface area contributed by atoms with Gasteiger partial charge in [-0.25, -0.2) is 13.4 Å². The van der Waals surface area contributed by atoms with Crippen LogP contribution in [0.4, 0.5) is 26.3 Å². The lowest BCUT2D eigenvalue weighted by atomic mass is 9.92. The monoisotopic (exact) mass is 633 g/mol. The van der Waals surface area contributed by atoms with Crippen molar-refractivity contribution in [2.75, 3.05) is 25.2 Å². The van der Waals surface area contributed by atoms with Crippen molar-refractivity contribution in [2.24, 2.45) is 0 Å². The molecule has 0 spiro atoms. The minimum atomic E-state index is -5.19. The summed E-state index contributed by atoms with van der Waals surface area (Å²) in [5.74, 6) is -2.02. The topological polar surface area (TPSA) is 112 Å². The average Bonchev–Trinajstić information content (AvgIpc) is 3.29. The van der Waals surface area contributed by atoms with Crippen molar-refractivity contribution in [3.8, 4) is 28.5 Å². The minimum Gasteiger partial charge on any atom is -0.494 e. The number of carboxylic acid groups (broad SMARTS) is 1. The highest BCUT2D eigenvalue weighted by atomic mass is 32.2. The Bertz CT molecular complexity index is 1570. The smallest absolute Gasteiger partial charge is 0.417 e. The summed E-state index contributed by atoms with van der Waals surface area (Å²) in [5.41, 5.74) is -3.80. The number of pyridine rings is 1. The second-order valence-electron chi connectivity index (χ2n) is 9.88. The van der Waals surface area contributed by atoms with E-state index in [0.29, 0.717) is 23.4 Å². The van der Waals surface area contributed by atoms with Crippen LogP contribution in [0.2, 0.25) is 0 Å². The zero-order valence-corrected chi connectivity index (χ0v) is 23.3. The van der Waals surface area contributed by atoms with E-state index in [1.165, 1.54) is 24.4 Å². The molecule has 0 radical (unpaired) electrons. The molecule has 0 amide bonds. The van der Waals surface area contributed by atoms with Crippen molar-refractivity contribution in [3.63, 3.8) is 0 Å². The van der Waals surface area contributed by atoms with Crippen molar-refractivity contribution >= 4 is 15.8 Å². The molecule has 232 valence electrons. The van der Waals surface area contributed by atoms with E-state index in [9.17, 15) is 39.6 Å². The second-order valence-corrected chi connectivity index (χ2v) is 12.1. The molecule has 1 aromatic heterocycles. The minimum absolute atomic E-state index is 0.0597. The van der Waals surface area contributed by atoms with Gasteiger partial charge in [0.15, 0.2) is 0 Å². The van der Waals surface area contributed by atoms with Gasteiger partial charge in [-0.15, -0.1) is 0 Å². The summed E-state index contributed by atoms with van der Waals surface area (Å²) in [6.07, 6.45) is -8.32. The molecule has 0 aliphatic carbocycles. The maximum absolute atomic E-state index is 14.1. The third kappa shape index (κ3) is 8.30. The van der Waals surface area contributed by atoms with Crippen LogP contribution in [0.15, 0.2) is 48.7 Å². The van der Waals surface area contributed by atoms with Gasteiger partial charge in [0.2, 0.25) is 5.88 Å². The Balaban J connectivity index is 1.61. The summed E-state index contributed by atoms with van der Waals surface area (Å²) < 4.78 is 123. The summed E-state index contributed by atoms with van der Waals surface area (Å²) in [6, 6.07) is 7.34. The van der Waals surface area contributed by atoms with Crippen molar-refractivity contribution in [1.29, 1.82) is 0 Å². The Morgan fingerprint density at radius 3 is 2.33 bits per heavy atom. The molecule has 1 aliphatic heterocycles. The van der Waals surface area contributed by atoms with Crippen LogP contribution in [-0.2, 0) is 33.6 Å².